The smallest absolute Gasteiger partial charge is 0.231 e. The van der Waals surface area contributed by atoms with E-state index in [2.05, 4.69) is 10.3 Å². The fourth-order valence-corrected chi connectivity index (χ4v) is 1.18. The molecule has 4 nitrogen and oxygen atoms in total. The average Bonchev–Trinajstić information content (AvgIpc) is 2.19. The Morgan fingerprint density at radius 1 is 1.35 bits per heavy atom. The SMILES string of the molecule is Cc1cnccc1NC(=O)C(C)(C)C(C)(C)N. The van der Waals surface area contributed by atoms with Gasteiger partial charge in [-0.25, -0.2) is 0 Å². The molecule has 1 amide bonds. The minimum Gasteiger partial charge on any atom is -0.325 e. The van der Waals surface area contributed by atoms with Gasteiger partial charge in [0.05, 0.1) is 5.41 Å². The molecular weight excluding hydrogens is 214 g/mol. The molecule has 0 saturated carbocycles. The van der Waals surface area contributed by atoms with E-state index >= 15 is 0 Å². The van der Waals surface area contributed by atoms with Gasteiger partial charge in [-0.3, -0.25) is 9.78 Å². The average molecular weight is 235 g/mol. The van der Waals surface area contributed by atoms with Crippen molar-refractivity contribution in [1.82, 2.24) is 4.98 Å². The highest BCUT2D eigenvalue weighted by Crippen LogP contribution is 2.30. The Labute approximate surface area is 103 Å². The van der Waals surface area contributed by atoms with Crippen molar-refractivity contribution in [2.75, 3.05) is 5.32 Å². The first-order valence-corrected chi connectivity index (χ1v) is 5.67. The highest BCUT2D eigenvalue weighted by molar-refractivity contribution is 5.96. The summed E-state index contributed by atoms with van der Waals surface area (Å²) < 4.78 is 0. The minimum absolute atomic E-state index is 0.0840. The molecule has 0 fully saturated rings. The lowest BCUT2D eigenvalue weighted by Gasteiger charge is -2.37. The third kappa shape index (κ3) is 2.82. The van der Waals surface area contributed by atoms with Crippen LogP contribution >= 0.6 is 0 Å². The van der Waals surface area contributed by atoms with Crippen molar-refractivity contribution in [1.29, 1.82) is 0 Å². The maximum absolute atomic E-state index is 12.2. The van der Waals surface area contributed by atoms with Gasteiger partial charge in [0.2, 0.25) is 5.91 Å². The Morgan fingerprint density at radius 3 is 2.41 bits per heavy atom. The maximum Gasteiger partial charge on any atom is 0.231 e. The van der Waals surface area contributed by atoms with Gasteiger partial charge in [0, 0.05) is 23.6 Å². The van der Waals surface area contributed by atoms with Gasteiger partial charge >= 0.3 is 0 Å². The number of pyridine rings is 1. The van der Waals surface area contributed by atoms with Crippen molar-refractivity contribution in [2.45, 2.75) is 40.2 Å². The van der Waals surface area contributed by atoms with Crippen molar-refractivity contribution in [3.8, 4) is 0 Å². The number of aromatic nitrogens is 1. The van der Waals surface area contributed by atoms with Crippen molar-refractivity contribution >= 4 is 11.6 Å². The van der Waals surface area contributed by atoms with E-state index in [9.17, 15) is 4.79 Å². The Bertz CT molecular complexity index is 419. The number of nitrogens with one attached hydrogen (secondary N) is 1. The van der Waals surface area contributed by atoms with E-state index in [-0.39, 0.29) is 5.91 Å². The van der Waals surface area contributed by atoms with E-state index in [0.717, 1.165) is 11.3 Å². The summed E-state index contributed by atoms with van der Waals surface area (Å²) in [4.78, 5) is 16.2. The summed E-state index contributed by atoms with van der Waals surface area (Å²) in [6, 6.07) is 1.78. The summed E-state index contributed by atoms with van der Waals surface area (Å²) in [6.07, 6.45) is 3.37. The molecule has 0 unspecified atom stereocenters. The first-order chi connectivity index (χ1) is 7.66. The van der Waals surface area contributed by atoms with Gasteiger partial charge in [0.1, 0.15) is 0 Å². The molecule has 1 aromatic rings. The molecule has 1 aromatic heterocycles. The van der Waals surface area contributed by atoms with Crippen LogP contribution in [-0.4, -0.2) is 16.4 Å². The number of aryl methyl sites for hydroxylation is 1. The lowest BCUT2D eigenvalue weighted by Crippen LogP contribution is -2.53. The molecule has 0 aliphatic heterocycles. The van der Waals surface area contributed by atoms with Crippen molar-refractivity contribution < 1.29 is 4.79 Å². The lowest BCUT2D eigenvalue weighted by molar-refractivity contribution is -0.126. The molecule has 0 radical (unpaired) electrons. The summed E-state index contributed by atoms with van der Waals surface area (Å²) in [5.41, 5.74) is 6.51. The van der Waals surface area contributed by atoms with Crippen LogP contribution in [0, 0.1) is 12.3 Å². The van der Waals surface area contributed by atoms with E-state index in [1.807, 2.05) is 34.6 Å². The molecule has 0 atom stereocenters. The number of anilines is 1. The predicted octanol–water partition coefficient (Wildman–Crippen LogP) is 2.09. The number of amides is 1. The first kappa shape index (κ1) is 13.6. The van der Waals surface area contributed by atoms with Crippen LogP contribution in [0.1, 0.15) is 33.3 Å². The molecule has 0 aliphatic carbocycles. The molecule has 0 aliphatic rings. The number of nitrogens with zero attached hydrogens (tertiary/aromatic N) is 1. The van der Waals surface area contributed by atoms with Crippen LogP contribution in [0.3, 0.4) is 0 Å². The molecule has 0 bridgehead atoms. The van der Waals surface area contributed by atoms with E-state index in [1.54, 1.807) is 18.5 Å². The fraction of sp³-hybridized carbons (Fsp3) is 0.538. The predicted molar refractivity (Wildman–Crippen MR) is 69.7 cm³/mol. The third-order valence-electron chi connectivity index (χ3n) is 3.45. The number of carbonyl (C=O) groups excluding carboxylic acids is 1. The Hall–Kier alpha value is -1.42. The minimum atomic E-state index is -0.650. The number of hydrogen-bond acceptors (Lipinski definition) is 3. The molecule has 4 heteroatoms. The molecular formula is C13H21N3O. The molecule has 3 N–H and O–H groups in total. The second-order valence-corrected chi connectivity index (χ2v) is 5.49. The van der Waals surface area contributed by atoms with Gasteiger partial charge in [0.25, 0.3) is 0 Å². The van der Waals surface area contributed by atoms with Crippen LogP contribution in [-0.2, 0) is 4.79 Å². The quantitative estimate of drug-likeness (QED) is 0.843. The van der Waals surface area contributed by atoms with E-state index in [4.69, 9.17) is 5.73 Å². The summed E-state index contributed by atoms with van der Waals surface area (Å²) >= 11 is 0. The van der Waals surface area contributed by atoms with Crippen LogP contribution < -0.4 is 11.1 Å². The summed E-state index contributed by atoms with van der Waals surface area (Å²) in [7, 11) is 0. The number of nitrogens with two attached hydrogens (primary N) is 1. The van der Waals surface area contributed by atoms with Crippen molar-refractivity contribution in [2.24, 2.45) is 11.1 Å². The van der Waals surface area contributed by atoms with Crippen LogP contribution in [0.15, 0.2) is 18.5 Å². The van der Waals surface area contributed by atoms with E-state index in [0.29, 0.717) is 0 Å². The highest BCUT2D eigenvalue weighted by atomic mass is 16.2. The monoisotopic (exact) mass is 235 g/mol. The number of carbonyl (C=O) groups is 1. The van der Waals surface area contributed by atoms with Crippen molar-refractivity contribution in [3.05, 3.63) is 24.0 Å². The summed E-state index contributed by atoms with van der Waals surface area (Å²) in [5, 5.41) is 2.90. The molecule has 94 valence electrons. The van der Waals surface area contributed by atoms with E-state index < -0.39 is 11.0 Å². The highest BCUT2D eigenvalue weighted by Gasteiger charge is 2.40. The topological polar surface area (TPSA) is 68.0 Å². The Balaban J connectivity index is 2.91. The van der Waals surface area contributed by atoms with E-state index in [1.165, 1.54) is 0 Å². The Morgan fingerprint density at radius 2 is 1.94 bits per heavy atom. The molecule has 0 spiro atoms. The molecule has 1 rings (SSSR count). The van der Waals surface area contributed by atoms with Gasteiger partial charge < -0.3 is 11.1 Å². The number of hydrogen-bond donors (Lipinski definition) is 2. The molecule has 17 heavy (non-hydrogen) atoms. The third-order valence-corrected chi connectivity index (χ3v) is 3.45. The van der Waals surface area contributed by atoms with Crippen LogP contribution in [0.4, 0.5) is 5.69 Å². The van der Waals surface area contributed by atoms with Gasteiger partial charge in [-0.05, 0) is 46.2 Å². The first-order valence-electron chi connectivity index (χ1n) is 5.67. The lowest BCUT2D eigenvalue weighted by atomic mass is 9.74. The van der Waals surface area contributed by atoms with Gasteiger partial charge in [-0.2, -0.15) is 0 Å². The van der Waals surface area contributed by atoms with Crippen molar-refractivity contribution in [3.63, 3.8) is 0 Å². The zero-order chi connectivity index (χ0) is 13.3. The van der Waals surface area contributed by atoms with Gasteiger partial charge in [-0.15, -0.1) is 0 Å². The molecule has 1 heterocycles. The largest absolute Gasteiger partial charge is 0.325 e. The van der Waals surface area contributed by atoms with Crippen LogP contribution in [0.5, 0.6) is 0 Å². The summed E-state index contributed by atoms with van der Waals surface area (Å²) in [5.74, 6) is -0.0840. The van der Waals surface area contributed by atoms with Gasteiger partial charge in [0.15, 0.2) is 0 Å². The van der Waals surface area contributed by atoms with Crippen LogP contribution in [0.2, 0.25) is 0 Å². The second-order valence-electron chi connectivity index (χ2n) is 5.49. The molecule has 0 saturated heterocycles. The van der Waals surface area contributed by atoms with Crippen LogP contribution in [0.25, 0.3) is 0 Å². The fourth-order valence-electron chi connectivity index (χ4n) is 1.18. The maximum atomic E-state index is 12.2. The zero-order valence-corrected chi connectivity index (χ0v) is 11.2. The summed E-state index contributed by atoms with van der Waals surface area (Å²) in [6.45, 7) is 9.30. The molecule has 0 aromatic carbocycles. The second kappa shape index (κ2) is 4.45. The van der Waals surface area contributed by atoms with Gasteiger partial charge in [-0.1, -0.05) is 0 Å². The normalized spacial score (nSPS) is 12.4. The number of rotatable bonds is 3. The Kier molecular flexibility index (Phi) is 3.57. The zero-order valence-electron chi connectivity index (χ0n) is 11.2. The standard InChI is InChI=1S/C13H21N3O/c1-9-8-15-7-6-10(9)16-11(17)12(2,3)13(4,5)14/h6-8H,14H2,1-5H3,(H,15,16,17).